The molecule has 0 radical (unpaired) electrons. The van der Waals surface area contributed by atoms with Crippen LogP contribution >= 0.6 is 0 Å². The number of nitrogens with one attached hydrogen (secondary N) is 1. The highest BCUT2D eigenvalue weighted by Crippen LogP contribution is 2.28. The smallest absolute Gasteiger partial charge is 0.408 e. The normalized spacial score (nSPS) is 11.9. The van der Waals surface area contributed by atoms with Gasteiger partial charge in [-0.2, -0.15) is 0 Å². The van der Waals surface area contributed by atoms with Gasteiger partial charge in [-0.1, -0.05) is 24.3 Å². The number of hydrogen-bond acceptors (Lipinski definition) is 4. The highest BCUT2D eigenvalue weighted by atomic mass is 19.2. The standard InChI is InChI=1S/C25H18F3NO5/c26-18-5-1-14(2-6-18)9-22(24(30)31)29-25(32)33-13-19-11-17-10-15(4-8-23(17)34-19)16-3-7-20(27)21(28)12-16/h1-8,10-12,22H,9,13H2,(H,29,32)(H,30,31)/t22-/m1/s1. The van der Waals surface area contributed by atoms with Crippen LogP contribution in [-0.4, -0.2) is 23.2 Å². The number of carbonyl (C=O) groups is 2. The molecule has 0 saturated carbocycles. The van der Waals surface area contributed by atoms with E-state index in [-0.39, 0.29) is 13.0 Å². The predicted molar refractivity (Wildman–Crippen MR) is 116 cm³/mol. The van der Waals surface area contributed by atoms with Crippen LogP contribution in [0.1, 0.15) is 11.3 Å². The highest BCUT2D eigenvalue weighted by Gasteiger charge is 2.21. The van der Waals surface area contributed by atoms with Gasteiger partial charge in [-0.3, -0.25) is 0 Å². The molecule has 6 nitrogen and oxygen atoms in total. The summed E-state index contributed by atoms with van der Waals surface area (Å²) in [4.78, 5) is 23.6. The zero-order valence-corrected chi connectivity index (χ0v) is 17.6. The van der Waals surface area contributed by atoms with Gasteiger partial charge in [-0.25, -0.2) is 22.8 Å². The average Bonchev–Trinajstić information content (AvgIpc) is 3.22. The molecule has 2 N–H and O–H groups in total. The lowest BCUT2D eigenvalue weighted by atomic mass is 10.0. The van der Waals surface area contributed by atoms with Crippen LogP contribution in [0.15, 0.2) is 71.1 Å². The third-order valence-electron chi connectivity index (χ3n) is 5.11. The third-order valence-corrected chi connectivity index (χ3v) is 5.11. The van der Waals surface area contributed by atoms with Gasteiger partial charge in [0.15, 0.2) is 18.2 Å². The first-order valence-corrected chi connectivity index (χ1v) is 10.2. The van der Waals surface area contributed by atoms with Crippen LogP contribution in [-0.2, 0) is 22.6 Å². The van der Waals surface area contributed by atoms with E-state index in [1.165, 1.54) is 30.3 Å². The second-order valence-electron chi connectivity index (χ2n) is 7.54. The summed E-state index contributed by atoms with van der Waals surface area (Å²) in [5, 5.41) is 12.3. The summed E-state index contributed by atoms with van der Waals surface area (Å²) >= 11 is 0. The molecule has 0 spiro atoms. The maximum atomic E-state index is 13.5. The Kier molecular flexibility index (Phi) is 6.53. The number of carbonyl (C=O) groups excluding carboxylic acids is 1. The number of aliphatic carboxylic acids is 1. The number of fused-ring (bicyclic) bond motifs is 1. The van der Waals surface area contributed by atoms with Crippen LogP contribution < -0.4 is 5.32 Å². The van der Waals surface area contributed by atoms with Gasteiger partial charge in [0.1, 0.15) is 23.2 Å². The molecule has 1 aromatic heterocycles. The minimum atomic E-state index is -1.27. The largest absolute Gasteiger partial charge is 0.480 e. The molecule has 0 aliphatic heterocycles. The molecule has 34 heavy (non-hydrogen) atoms. The number of carboxylic acids is 1. The van der Waals surface area contributed by atoms with Gasteiger partial charge in [0.25, 0.3) is 0 Å². The lowest BCUT2D eigenvalue weighted by molar-refractivity contribution is -0.139. The number of hydrogen-bond donors (Lipinski definition) is 2. The first-order chi connectivity index (χ1) is 16.3. The Balaban J connectivity index is 1.40. The summed E-state index contributed by atoms with van der Waals surface area (Å²) < 4.78 is 50.5. The molecule has 0 fully saturated rings. The molecule has 0 saturated heterocycles. The van der Waals surface area contributed by atoms with Crippen molar-refractivity contribution in [2.24, 2.45) is 0 Å². The maximum Gasteiger partial charge on any atom is 0.408 e. The fourth-order valence-corrected chi connectivity index (χ4v) is 3.40. The van der Waals surface area contributed by atoms with Crippen LogP contribution in [0.4, 0.5) is 18.0 Å². The fraction of sp³-hybridized carbons (Fsp3) is 0.120. The lowest BCUT2D eigenvalue weighted by Gasteiger charge is -2.14. The van der Waals surface area contributed by atoms with Crippen molar-refractivity contribution < 1.29 is 37.0 Å². The number of rotatable bonds is 7. The number of alkyl carbamates (subject to hydrolysis) is 1. The van der Waals surface area contributed by atoms with Crippen molar-refractivity contribution in [3.05, 3.63) is 95.5 Å². The number of furan rings is 1. The summed E-state index contributed by atoms with van der Waals surface area (Å²) in [6.07, 6.45) is -1.01. The SMILES string of the molecule is O=C(N[C@H](Cc1ccc(F)cc1)C(=O)O)OCc1cc2cc(-c3ccc(F)c(F)c3)ccc2o1. The van der Waals surface area contributed by atoms with Crippen molar-refractivity contribution in [2.45, 2.75) is 19.1 Å². The second-order valence-corrected chi connectivity index (χ2v) is 7.54. The van der Waals surface area contributed by atoms with E-state index in [2.05, 4.69) is 5.32 Å². The monoisotopic (exact) mass is 469 g/mol. The molecule has 0 unspecified atom stereocenters. The van der Waals surface area contributed by atoms with Crippen molar-refractivity contribution in [1.29, 1.82) is 0 Å². The molecule has 3 aromatic carbocycles. The number of ether oxygens (including phenoxy) is 1. The van der Waals surface area contributed by atoms with E-state index in [0.29, 0.717) is 33.4 Å². The Morgan fingerprint density at radius 1 is 0.912 bits per heavy atom. The Morgan fingerprint density at radius 3 is 2.32 bits per heavy atom. The zero-order valence-electron chi connectivity index (χ0n) is 17.6. The van der Waals surface area contributed by atoms with Crippen LogP contribution in [0.5, 0.6) is 0 Å². The molecule has 1 amide bonds. The van der Waals surface area contributed by atoms with Crippen molar-refractivity contribution >= 4 is 23.0 Å². The minimum absolute atomic E-state index is 0.0535. The van der Waals surface area contributed by atoms with Gasteiger partial charge in [0, 0.05) is 11.8 Å². The summed E-state index contributed by atoms with van der Waals surface area (Å²) in [6, 6.07) is 14.3. The number of benzene rings is 3. The van der Waals surface area contributed by atoms with Crippen LogP contribution in [0, 0.1) is 17.5 Å². The van der Waals surface area contributed by atoms with Crippen LogP contribution in [0.2, 0.25) is 0 Å². The van der Waals surface area contributed by atoms with Gasteiger partial charge >= 0.3 is 12.1 Å². The molecule has 1 atom stereocenters. The van der Waals surface area contributed by atoms with Gasteiger partial charge in [0.05, 0.1) is 0 Å². The molecular weight excluding hydrogens is 451 g/mol. The van der Waals surface area contributed by atoms with E-state index in [1.807, 2.05) is 0 Å². The molecular formula is C25H18F3NO5. The van der Waals surface area contributed by atoms with Crippen molar-refractivity contribution in [2.75, 3.05) is 0 Å². The predicted octanol–water partition coefficient (Wildman–Crippen LogP) is 5.44. The van der Waals surface area contributed by atoms with Crippen LogP contribution in [0.25, 0.3) is 22.1 Å². The van der Waals surface area contributed by atoms with Gasteiger partial charge < -0.3 is 19.6 Å². The number of carboxylic acid groups (broad SMARTS) is 1. The summed E-state index contributed by atoms with van der Waals surface area (Å²) in [6.45, 7) is -0.260. The zero-order chi connectivity index (χ0) is 24.2. The van der Waals surface area contributed by atoms with E-state index in [1.54, 1.807) is 24.3 Å². The maximum absolute atomic E-state index is 13.5. The summed E-state index contributed by atoms with van der Waals surface area (Å²) in [7, 11) is 0. The number of amides is 1. The first-order valence-electron chi connectivity index (χ1n) is 10.2. The van der Waals surface area contributed by atoms with Gasteiger partial charge in [0.2, 0.25) is 0 Å². The quantitative estimate of drug-likeness (QED) is 0.376. The van der Waals surface area contributed by atoms with E-state index in [0.717, 1.165) is 12.1 Å². The van der Waals surface area contributed by atoms with E-state index in [4.69, 9.17) is 9.15 Å². The van der Waals surface area contributed by atoms with Crippen molar-refractivity contribution in [3.63, 3.8) is 0 Å². The minimum Gasteiger partial charge on any atom is -0.480 e. The Bertz CT molecular complexity index is 1350. The molecule has 1 heterocycles. The van der Waals surface area contributed by atoms with E-state index < -0.39 is 35.6 Å². The van der Waals surface area contributed by atoms with Crippen molar-refractivity contribution in [3.8, 4) is 11.1 Å². The second kappa shape index (κ2) is 9.70. The Hall–Kier alpha value is -4.27. The third kappa shape index (κ3) is 5.37. The molecule has 4 aromatic rings. The number of halogens is 3. The van der Waals surface area contributed by atoms with E-state index in [9.17, 15) is 27.9 Å². The average molecular weight is 469 g/mol. The highest BCUT2D eigenvalue weighted by molar-refractivity contribution is 5.84. The fourth-order valence-electron chi connectivity index (χ4n) is 3.40. The lowest BCUT2D eigenvalue weighted by Crippen LogP contribution is -2.42. The first kappa shape index (κ1) is 22.9. The Labute approximate surface area is 191 Å². The van der Waals surface area contributed by atoms with Crippen LogP contribution in [0.3, 0.4) is 0 Å². The molecule has 0 aliphatic carbocycles. The van der Waals surface area contributed by atoms with Gasteiger partial charge in [-0.15, -0.1) is 0 Å². The molecule has 174 valence electrons. The Morgan fingerprint density at radius 2 is 1.62 bits per heavy atom. The van der Waals surface area contributed by atoms with Crippen molar-refractivity contribution in [1.82, 2.24) is 5.32 Å². The summed E-state index contributed by atoms with van der Waals surface area (Å²) in [5.41, 5.74) is 2.15. The molecule has 9 heteroatoms. The molecule has 0 bridgehead atoms. The molecule has 0 aliphatic rings. The molecule has 4 rings (SSSR count). The van der Waals surface area contributed by atoms with Gasteiger partial charge in [-0.05, 0) is 59.2 Å². The summed E-state index contributed by atoms with van der Waals surface area (Å²) in [5.74, 6) is -3.31. The topological polar surface area (TPSA) is 88.8 Å². The van der Waals surface area contributed by atoms with E-state index >= 15 is 0 Å².